The molecule has 0 unspecified atom stereocenters. The predicted molar refractivity (Wildman–Crippen MR) is 91.9 cm³/mol. The molecule has 1 aliphatic heterocycles. The van der Waals surface area contributed by atoms with Crippen LogP contribution in [0.5, 0.6) is 0 Å². The van der Waals surface area contributed by atoms with Gasteiger partial charge < -0.3 is 9.80 Å². The second kappa shape index (κ2) is 7.05. The SMILES string of the molecule is O=C(c1cccc(F)c1)N1CCN(C(=O)c2ccccc2S)CC1. The molecule has 0 aliphatic carbocycles. The second-order valence-electron chi connectivity index (χ2n) is 5.61. The molecule has 0 radical (unpaired) electrons. The molecule has 0 saturated carbocycles. The Morgan fingerprint density at radius 2 is 1.50 bits per heavy atom. The first kappa shape index (κ1) is 16.5. The molecule has 6 heteroatoms. The largest absolute Gasteiger partial charge is 0.335 e. The molecule has 1 fully saturated rings. The van der Waals surface area contributed by atoms with Crippen molar-refractivity contribution in [3.05, 3.63) is 65.5 Å². The van der Waals surface area contributed by atoms with E-state index in [2.05, 4.69) is 12.6 Å². The molecule has 124 valence electrons. The van der Waals surface area contributed by atoms with E-state index in [1.807, 2.05) is 6.07 Å². The second-order valence-corrected chi connectivity index (χ2v) is 6.09. The lowest BCUT2D eigenvalue weighted by molar-refractivity contribution is 0.0533. The summed E-state index contributed by atoms with van der Waals surface area (Å²) in [5.74, 6) is -0.727. The number of nitrogens with zero attached hydrogens (tertiary/aromatic N) is 2. The lowest BCUT2D eigenvalue weighted by atomic mass is 10.1. The third kappa shape index (κ3) is 3.43. The molecular formula is C18H17FN2O2S. The van der Waals surface area contributed by atoms with Crippen LogP contribution < -0.4 is 0 Å². The van der Waals surface area contributed by atoms with Crippen LogP contribution in [0.1, 0.15) is 20.7 Å². The van der Waals surface area contributed by atoms with Gasteiger partial charge in [0.15, 0.2) is 0 Å². The molecule has 2 aromatic rings. The number of halogens is 1. The van der Waals surface area contributed by atoms with Crippen LogP contribution in [0, 0.1) is 5.82 Å². The van der Waals surface area contributed by atoms with E-state index in [9.17, 15) is 14.0 Å². The van der Waals surface area contributed by atoms with Gasteiger partial charge in [0.25, 0.3) is 11.8 Å². The van der Waals surface area contributed by atoms with E-state index < -0.39 is 5.82 Å². The van der Waals surface area contributed by atoms with Crippen LogP contribution in [0.15, 0.2) is 53.4 Å². The summed E-state index contributed by atoms with van der Waals surface area (Å²) in [5, 5.41) is 0. The Morgan fingerprint density at radius 1 is 0.875 bits per heavy atom. The van der Waals surface area contributed by atoms with Crippen LogP contribution >= 0.6 is 12.6 Å². The van der Waals surface area contributed by atoms with Crippen molar-refractivity contribution in [1.29, 1.82) is 0 Å². The smallest absolute Gasteiger partial charge is 0.255 e. The Balaban J connectivity index is 1.65. The Kier molecular flexibility index (Phi) is 4.85. The molecule has 2 amide bonds. The van der Waals surface area contributed by atoms with E-state index in [1.54, 1.807) is 34.1 Å². The van der Waals surface area contributed by atoms with Crippen molar-refractivity contribution in [2.75, 3.05) is 26.2 Å². The maximum atomic E-state index is 13.3. The van der Waals surface area contributed by atoms with Crippen LogP contribution in [0.25, 0.3) is 0 Å². The molecule has 0 aromatic heterocycles. The van der Waals surface area contributed by atoms with Crippen LogP contribution in [0.4, 0.5) is 4.39 Å². The van der Waals surface area contributed by atoms with Crippen molar-refractivity contribution in [2.24, 2.45) is 0 Å². The standard InChI is InChI=1S/C18H17FN2O2S/c19-14-5-3-4-13(12-14)17(22)20-8-10-21(11-9-20)18(23)15-6-1-2-7-16(15)24/h1-7,12,24H,8-11H2. The summed E-state index contributed by atoms with van der Waals surface area (Å²) in [6, 6.07) is 12.8. The third-order valence-corrected chi connectivity index (χ3v) is 4.45. The number of thiol groups is 1. The molecule has 3 rings (SSSR count). The first-order valence-corrected chi connectivity index (χ1v) is 8.13. The van der Waals surface area contributed by atoms with Gasteiger partial charge in [-0.3, -0.25) is 9.59 Å². The first-order valence-electron chi connectivity index (χ1n) is 7.68. The van der Waals surface area contributed by atoms with Crippen LogP contribution in [0.2, 0.25) is 0 Å². The summed E-state index contributed by atoms with van der Waals surface area (Å²) in [7, 11) is 0. The number of rotatable bonds is 2. The highest BCUT2D eigenvalue weighted by molar-refractivity contribution is 7.80. The van der Waals surface area contributed by atoms with Crippen molar-refractivity contribution in [3.8, 4) is 0 Å². The van der Waals surface area contributed by atoms with Gasteiger partial charge in [-0.1, -0.05) is 18.2 Å². The number of carbonyl (C=O) groups excluding carboxylic acids is 2. The maximum absolute atomic E-state index is 13.3. The van der Waals surface area contributed by atoms with Gasteiger partial charge in [-0.05, 0) is 30.3 Å². The summed E-state index contributed by atoms with van der Waals surface area (Å²) in [6.45, 7) is 1.75. The summed E-state index contributed by atoms with van der Waals surface area (Å²) in [5.41, 5.74) is 0.890. The van der Waals surface area contributed by atoms with E-state index in [1.165, 1.54) is 18.2 Å². The minimum Gasteiger partial charge on any atom is -0.335 e. The Labute approximate surface area is 145 Å². The molecule has 24 heavy (non-hydrogen) atoms. The zero-order valence-corrected chi connectivity index (χ0v) is 13.9. The van der Waals surface area contributed by atoms with Gasteiger partial charge in [-0.25, -0.2) is 4.39 Å². The van der Waals surface area contributed by atoms with Crippen molar-refractivity contribution < 1.29 is 14.0 Å². The van der Waals surface area contributed by atoms with Gasteiger partial charge in [-0.15, -0.1) is 12.6 Å². The van der Waals surface area contributed by atoms with Gasteiger partial charge in [0.2, 0.25) is 0 Å². The van der Waals surface area contributed by atoms with Crippen LogP contribution in [0.3, 0.4) is 0 Å². The Hall–Kier alpha value is -2.34. The molecule has 4 nitrogen and oxygen atoms in total. The summed E-state index contributed by atoms with van der Waals surface area (Å²) < 4.78 is 13.3. The van der Waals surface area contributed by atoms with E-state index in [4.69, 9.17) is 0 Å². The molecule has 1 aliphatic rings. The number of carbonyl (C=O) groups is 2. The average Bonchev–Trinajstić information content (AvgIpc) is 2.61. The maximum Gasteiger partial charge on any atom is 0.255 e. The number of amides is 2. The van der Waals surface area contributed by atoms with Gasteiger partial charge >= 0.3 is 0 Å². The zero-order valence-electron chi connectivity index (χ0n) is 13.0. The van der Waals surface area contributed by atoms with Crippen molar-refractivity contribution in [1.82, 2.24) is 9.80 Å². The quantitative estimate of drug-likeness (QED) is 0.851. The molecule has 0 spiro atoms. The fraction of sp³-hybridized carbons (Fsp3) is 0.222. The number of piperazine rings is 1. The fourth-order valence-corrected chi connectivity index (χ4v) is 3.00. The summed E-state index contributed by atoms with van der Waals surface area (Å²) in [6.07, 6.45) is 0. The van der Waals surface area contributed by atoms with Gasteiger partial charge in [0, 0.05) is 36.6 Å². The Morgan fingerprint density at radius 3 is 2.12 bits per heavy atom. The lowest BCUT2D eigenvalue weighted by Crippen LogP contribution is -2.50. The van der Waals surface area contributed by atoms with E-state index in [-0.39, 0.29) is 11.8 Å². The third-order valence-electron chi connectivity index (χ3n) is 4.06. The number of hydrogen-bond donors (Lipinski definition) is 1. The van der Waals surface area contributed by atoms with E-state index in [0.717, 1.165) is 0 Å². The highest BCUT2D eigenvalue weighted by atomic mass is 32.1. The van der Waals surface area contributed by atoms with E-state index >= 15 is 0 Å². The van der Waals surface area contributed by atoms with Crippen LogP contribution in [-0.2, 0) is 0 Å². The Bertz CT molecular complexity index is 773. The van der Waals surface area contributed by atoms with E-state index in [0.29, 0.717) is 42.2 Å². The molecule has 1 heterocycles. The molecule has 0 N–H and O–H groups in total. The highest BCUT2D eigenvalue weighted by Gasteiger charge is 2.26. The fourth-order valence-electron chi connectivity index (χ4n) is 2.74. The molecule has 0 atom stereocenters. The predicted octanol–water partition coefficient (Wildman–Crippen LogP) is 2.71. The topological polar surface area (TPSA) is 40.6 Å². The van der Waals surface area contributed by atoms with Crippen molar-refractivity contribution in [3.63, 3.8) is 0 Å². The minimum absolute atomic E-state index is 0.0848. The minimum atomic E-state index is -0.431. The van der Waals surface area contributed by atoms with Gasteiger partial charge in [0.1, 0.15) is 5.82 Å². The zero-order chi connectivity index (χ0) is 17.1. The van der Waals surface area contributed by atoms with Gasteiger partial charge in [0.05, 0.1) is 5.56 Å². The number of hydrogen-bond acceptors (Lipinski definition) is 3. The summed E-state index contributed by atoms with van der Waals surface area (Å²) in [4.78, 5) is 28.9. The van der Waals surface area contributed by atoms with Gasteiger partial charge in [-0.2, -0.15) is 0 Å². The average molecular weight is 344 g/mol. The van der Waals surface area contributed by atoms with Crippen molar-refractivity contribution >= 4 is 24.4 Å². The highest BCUT2D eigenvalue weighted by Crippen LogP contribution is 2.17. The number of benzene rings is 2. The first-order chi connectivity index (χ1) is 11.6. The monoisotopic (exact) mass is 344 g/mol. The molecule has 2 aromatic carbocycles. The molecular weight excluding hydrogens is 327 g/mol. The normalized spacial score (nSPS) is 14.6. The molecule has 0 bridgehead atoms. The van der Waals surface area contributed by atoms with Crippen molar-refractivity contribution in [2.45, 2.75) is 4.90 Å². The van der Waals surface area contributed by atoms with Crippen LogP contribution in [-0.4, -0.2) is 47.8 Å². The summed E-state index contributed by atoms with van der Waals surface area (Å²) >= 11 is 4.32. The molecule has 1 saturated heterocycles. The lowest BCUT2D eigenvalue weighted by Gasteiger charge is -2.35.